The van der Waals surface area contributed by atoms with Gasteiger partial charge in [0.15, 0.2) is 5.09 Å². The van der Waals surface area contributed by atoms with Gasteiger partial charge < -0.3 is 20.5 Å². The second-order valence-electron chi connectivity index (χ2n) is 4.96. The van der Waals surface area contributed by atoms with Gasteiger partial charge in [-0.25, -0.2) is 0 Å². The van der Waals surface area contributed by atoms with Crippen molar-refractivity contribution in [2.24, 2.45) is 11.7 Å². The number of carbonyl (C=O) groups excluding carboxylic acids is 2. The van der Waals surface area contributed by atoms with Crippen LogP contribution in [0.5, 0.6) is 5.75 Å². The fourth-order valence-electron chi connectivity index (χ4n) is 2.34. The van der Waals surface area contributed by atoms with Crippen molar-refractivity contribution in [1.29, 1.82) is 0 Å². The zero-order valence-corrected chi connectivity index (χ0v) is 12.0. The van der Waals surface area contributed by atoms with Crippen molar-refractivity contribution in [2.75, 3.05) is 0 Å². The number of hydrogen-bond acceptors (Lipinski definition) is 5. The summed E-state index contributed by atoms with van der Waals surface area (Å²) in [7, 11) is 0. The Morgan fingerprint density at radius 2 is 2.10 bits per heavy atom. The number of aliphatic hydroxyl groups excluding tert-OH is 1. The summed E-state index contributed by atoms with van der Waals surface area (Å²) in [6.07, 6.45) is 0.965. The van der Waals surface area contributed by atoms with Gasteiger partial charge in [-0.2, -0.15) is 0 Å². The molecule has 2 aliphatic heterocycles. The van der Waals surface area contributed by atoms with Crippen LogP contribution in [-0.2, 0) is 4.79 Å². The highest BCUT2D eigenvalue weighted by Gasteiger charge is 2.53. The van der Waals surface area contributed by atoms with E-state index in [4.69, 9.17) is 10.5 Å². The fourth-order valence-corrected chi connectivity index (χ4v) is 3.66. The Bertz CT molecular complexity index is 626. The number of thioether (sulfide) groups is 1. The van der Waals surface area contributed by atoms with Crippen LogP contribution >= 0.6 is 11.8 Å². The molecule has 0 unspecified atom stereocenters. The van der Waals surface area contributed by atoms with Crippen LogP contribution in [0.3, 0.4) is 0 Å². The molecule has 1 saturated heterocycles. The molecule has 2 aliphatic rings. The average molecular weight is 306 g/mol. The third kappa shape index (κ3) is 2.38. The first-order chi connectivity index (χ1) is 9.97. The summed E-state index contributed by atoms with van der Waals surface area (Å²) in [5.74, 6) is -0.414. The Balaban J connectivity index is 1.68. The summed E-state index contributed by atoms with van der Waals surface area (Å²) in [5.41, 5.74) is 5.57. The molecule has 3 rings (SSSR count). The van der Waals surface area contributed by atoms with Gasteiger partial charge in [-0.3, -0.25) is 9.59 Å². The Hall–Kier alpha value is -1.99. The molecule has 0 bridgehead atoms. The van der Waals surface area contributed by atoms with Crippen LogP contribution in [0.1, 0.15) is 17.3 Å². The van der Waals surface area contributed by atoms with Gasteiger partial charge in [-0.1, -0.05) is 11.8 Å². The molecule has 6 nitrogen and oxygen atoms in total. The van der Waals surface area contributed by atoms with E-state index in [1.807, 2.05) is 0 Å². The highest BCUT2D eigenvalue weighted by Crippen LogP contribution is 2.46. The first-order valence-corrected chi connectivity index (χ1v) is 7.32. The molecule has 0 spiro atoms. The summed E-state index contributed by atoms with van der Waals surface area (Å²) in [6.45, 7) is 1.61. The van der Waals surface area contributed by atoms with E-state index in [1.54, 1.807) is 42.3 Å². The molecule has 1 aromatic carbocycles. The third-order valence-electron chi connectivity index (χ3n) is 3.48. The van der Waals surface area contributed by atoms with Gasteiger partial charge in [0, 0.05) is 5.56 Å². The van der Waals surface area contributed by atoms with E-state index >= 15 is 0 Å². The molecule has 0 aliphatic carbocycles. The minimum Gasteiger partial charge on any atom is -0.449 e. The number of nitrogens with two attached hydrogens (primary N) is 1. The molecule has 0 saturated carbocycles. The van der Waals surface area contributed by atoms with E-state index in [0.717, 1.165) is 0 Å². The van der Waals surface area contributed by atoms with Crippen molar-refractivity contribution in [1.82, 2.24) is 4.90 Å². The molecule has 2 amide bonds. The first kappa shape index (κ1) is 14.0. The van der Waals surface area contributed by atoms with E-state index in [-0.39, 0.29) is 17.2 Å². The van der Waals surface area contributed by atoms with Gasteiger partial charge in [0.25, 0.3) is 0 Å². The van der Waals surface area contributed by atoms with Crippen LogP contribution in [0, 0.1) is 5.92 Å². The maximum absolute atomic E-state index is 11.8. The maximum Gasteiger partial charge on any atom is 0.248 e. The van der Waals surface area contributed by atoms with E-state index < -0.39 is 12.0 Å². The van der Waals surface area contributed by atoms with E-state index in [2.05, 4.69) is 0 Å². The number of primary amides is 1. The molecule has 0 aromatic heterocycles. The van der Waals surface area contributed by atoms with Crippen molar-refractivity contribution in [3.8, 4) is 5.75 Å². The predicted molar refractivity (Wildman–Crippen MR) is 77.1 cm³/mol. The Kier molecular flexibility index (Phi) is 3.38. The molecule has 21 heavy (non-hydrogen) atoms. The van der Waals surface area contributed by atoms with Gasteiger partial charge in [0.2, 0.25) is 11.8 Å². The number of nitrogens with zero attached hydrogens (tertiary/aromatic N) is 1. The summed E-state index contributed by atoms with van der Waals surface area (Å²) < 4.78 is 5.66. The van der Waals surface area contributed by atoms with Gasteiger partial charge in [-0.15, -0.1) is 0 Å². The SMILES string of the molecule is C[C@@H](O)[C@H]1C(=O)N2C=C(Oc3ccc(C(N)=O)cc3)S[C@H]12. The Morgan fingerprint density at radius 3 is 2.67 bits per heavy atom. The second kappa shape index (κ2) is 5.09. The van der Waals surface area contributed by atoms with Crippen molar-refractivity contribution in [2.45, 2.75) is 18.4 Å². The van der Waals surface area contributed by atoms with E-state index in [9.17, 15) is 14.7 Å². The third-order valence-corrected chi connectivity index (χ3v) is 4.66. The lowest BCUT2D eigenvalue weighted by Crippen LogP contribution is -2.58. The van der Waals surface area contributed by atoms with Crippen molar-refractivity contribution < 1.29 is 19.4 Å². The highest BCUT2D eigenvalue weighted by atomic mass is 32.2. The predicted octanol–water partition coefficient (Wildman–Crippen LogP) is 0.875. The van der Waals surface area contributed by atoms with Crippen molar-refractivity contribution >= 4 is 23.6 Å². The number of β-lactam (4-membered cyclic amide) rings is 1. The number of amides is 2. The van der Waals surface area contributed by atoms with Gasteiger partial charge in [0.05, 0.1) is 18.2 Å². The smallest absolute Gasteiger partial charge is 0.248 e. The van der Waals surface area contributed by atoms with Crippen molar-refractivity contribution in [3.63, 3.8) is 0 Å². The summed E-state index contributed by atoms with van der Waals surface area (Å²) in [5, 5.41) is 10.1. The number of aliphatic hydroxyl groups is 1. The lowest BCUT2D eigenvalue weighted by Gasteiger charge is -2.41. The average Bonchev–Trinajstić information content (AvgIpc) is 2.77. The number of rotatable bonds is 4. The lowest BCUT2D eigenvalue weighted by molar-refractivity contribution is -0.151. The molecule has 2 heterocycles. The number of fused-ring (bicyclic) bond motifs is 1. The van der Waals surface area contributed by atoms with Gasteiger partial charge in [0.1, 0.15) is 11.1 Å². The normalized spacial score (nSPS) is 25.0. The van der Waals surface area contributed by atoms with Crippen molar-refractivity contribution in [3.05, 3.63) is 41.1 Å². The first-order valence-electron chi connectivity index (χ1n) is 6.44. The zero-order chi connectivity index (χ0) is 15.1. The molecule has 3 atom stereocenters. The molecule has 0 radical (unpaired) electrons. The van der Waals surface area contributed by atoms with Gasteiger partial charge >= 0.3 is 0 Å². The van der Waals surface area contributed by atoms with Crippen LogP contribution in [0.15, 0.2) is 35.6 Å². The molecular formula is C14H14N2O4S. The van der Waals surface area contributed by atoms with E-state index in [1.165, 1.54) is 11.8 Å². The molecule has 3 N–H and O–H groups in total. The van der Waals surface area contributed by atoms with Gasteiger partial charge in [-0.05, 0) is 31.2 Å². The molecule has 1 aromatic rings. The largest absolute Gasteiger partial charge is 0.449 e. The molecular weight excluding hydrogens is 292 g/mol. The monoisotopic (exact) mass is 306 g/mol. The summed E-state index contributed by atoms with van der Waals surface area (Å²) >= 11 is 1.40. The fraction of sp³-hybridized carbons (Fsp3) is 0.286. The van der Waals surface area contributed by atoms with Crippen LogP contribution in [0.25, 0.3) is 0 Å². The zero-order valence-electron chi connectivity index (χ0n) is 11.2. The topological polar surface area (TPSA) is 92.9 Å². The molecule has 1 fully saturated rings. The quantitative estimate of drug-likeness (QED) is 0.805. The summed E-state index contributed by atoms with van der Waals surface area (Å²) in [6, 6.07) is 6.45. The van der Waals surface area contributed by atoms with Crippen LogP contribution in [-0.4, -0.2) is 33.3 Å². The maximum atomic E-state index is 11.8. The molecule has 110 valence electrons. The lowest BCUT2D eigenvalue weighted by atomic mass is 9.93. The van der Waals surface area contributed by atoms with Crippen LogP contribution in [0.4, 0.5) is 0 Å². The minimum atomic E-state index is -0.672. The Labute approximate surface area is 125 Å². The number of carbonyl (C=O) groups is 2. The second-order valence-corrected chi connectivity index (χ2v) is 6.08. The highest BCUT2D eigenvalue weighted by molar-refractivity contribution is 8.03. The number of benzene rings is 1. The number of ether oxygens (including phenoxy) is 1. The Morgan fingerprint density at radius 1 is 1.43 bits per heavy atom. The molecule has 7 heteroatoms. The number of hydrogen-bond donors (Lipinski definition) is 2. The van der Waals surface area contributed by atoms with Crippen LogP contribution in [0.2, 0.25) is 0 Å². The van der Waals surface area contributed by atoms with Crippen LogP contribution < -0.4 is 10.5 Å². The minimum absolute atomic E-state index is 0.0924. The van der Waals surface area contributed by atoms with E-state index in [0.29, 0.717) is 16.4 Å². The summed E-state index contributed by atoms with van der Waals surface area (Å²) in [4.78, 5) is 24.4. The standard InChI is InChI=1S/C14H14N2O4S/c1-7(17)11-13(19)16-6-10(21-14(11)16)20-9-4-2-8(3-5-9)12(15)18/h2-7,11,14,17H,1H3,(H2,15,18)/t7-,11+,14-/m1/s1.